The molecule has 0 saturated heterocycles. The summed E-state index contributed by atoms with van der Waals surface area (Å²) in [6.45, 7) is -0.0439. The molecule has 0 fully saturated rings. The molecule has 0 radical (unpaired) electrons. The summed E-state index contributed by atoms with van der Waals surface area (Å²) >= 11 is 0. The van der Waals surface area contributed by atoms with Gasteiger partial charge in [0.2, 0.25) is 10.0 Å². The number of hydrogen-bond donors (Lipinski definition) is 2. The predicted octanol–water partition coefficient (Wildman–Crippen LogP) is 3.68. The Morgan fingerprint density at radius 1 is 0.897 bits per heavy atom. The van der Waals surface area contributed by atoms with Crippen molar-refractivity contribution in [1.29, 1.82) is 5.26 Å². The average molecular weight is 541 g/mol. The molecule has 0 saturated carbocycles. The molecule has 0 aliphatic rings. The highest BCUT2D eigenvalue weighted by Gasteiger charge is 2.25. The Morgan fingerprint density at radius 3 is 2.18 bits per heavy atom. The third kappa shape index (κ3) is 7.36. The predicted molar refractivity (Wildman–Crippen MR) is 147 cm³/mol. The lowest BCUT2D eigenvalue weighted by Gasteiger charge is -2.23. The van der Waals surface area contributed by atoms with Crippen LogP contribution in [0.4, 0.5) is 0 Å². The second-order valence-electron chi connectivity index (χ2n) is 9.01. The Bertz CT molecular complexity index is 1520. The molecule has 1 aromatic heterocycles. The monoisotopic (exact) mass is 540 g/mol. The van der Waals surface area contributed by atoms with Crippen molar-refractivity contribution >= 4 is 15.9 Å². The lowest BCUT2D eigenvalue weighted by Crippen LogP contribution is -2.39. The number of carbonyl (C=O) groups is 1. The van der Waals surface area contributed by atoms with E-state index >= 15 is 0 Å². The van der Waals surface area contributed by atoms with Crippen molar-refractivity contribution in [1.82, 2.24) is 14.6 Å². The van der Waals surface area contributed by atoms with Gasteiger partial charge in [-0.1, -0.05) is 48.5 Å². The molecule has 4 rings (SSSR count). The molecular formula is C30H28N4O4S. The van der Waals surface area contributed by atoms with Gasteiger partial charge in [-0.05, 0) is 65.6 Å². The number of rotatable bonds is 11. The quantitative estimate of drug-likeness (QED) is 0.299. The average Bonchev–Trinajstić information content (AvgIpc) is 2.98. The van der Waals surface area contributed by atoms with Crippen molar-refractivity contribution in [2.75, 3.05) is 6.61 Å². The van der Waals surface area contributed by atoms with Crippen molar-refractivity contribution in [2.45, 2.75) is 30.4 Å². The van der Waals surface area contributed by atoms with Gasteiger partial charge < -0.3 is 10.4 Å². The third-order valence-corrected chi connectivity index (χ3v) is 7.96. The van der Waals surface area contributed by atoms with Crippen molar-refractivity contribution < 1.29 is 18.3 Å². The summed E-state index contributed by atoms with van der Waals surface area (Å²) in [5.41, 5.74) is 3.19. The van der Waals surface area contributed by atoms with Gasteiger partial charge in [-0.25, -0.2) is 8.42 Å². The SMILES string of the molecule is N#Cc1ccc(S(=O)(=O)N(Cc2ccc(C(=O)N[C@H](CO)Cc3ccccc3)cc2)Cc2cccnc2)cc1. The van der Waals surface area contributed by atoms with Crippen LogP contribution >= 0.6 is 0 Å². The molecule has 3 aromatic carbocycles. The van der Waals surface area contributed by atoms with E-state index in [9.17, 15) is 18.3 Å². The molecule has 0 aliphatic carbocycles. The van der Waals surface area contributed by atoms with Gasteiger partial charge in [0.05, 0.1) is 29.2 Å². The van der Waals surface area contributed by atoms with E-state index in [2.05, 4.69) is 10.3 Å². The molecule has 0 unspecified atom stereocenters. The molecule has 0 aliphatic heterocycles. The lowest BCUT2D eigenvalue weighted by atomic mass is 10.1. The molecule has 198 valence electrons. The maximum atomic E-state index is 13.6. The number of hydrogen-bond acceptors (Lipinski definition) is 6. The van der Waals surface area contributed by atoms with Crippen LogP contribution in [0.3, 0.4) is 0 Å². The number of aliphatic hydroxyl groups excluding tert-OH is 1. The van der Waals surface area contributed by atoms with Crippen LogP contribution in [-0.2, 0) is 29.5 Å². The molecule has 0 spiro atoms. The van der Waals surface area contributed by atoms with E-state index in [1.54, 1.807) is 48.8 Å². The van der Waals surface area contributed by atoms with Gasteiger partial charge in [-0.3, -0.25) is 9.78 Å². The number of pyridine rings is 1. The first-order valence-corrected chi connectivity index (χ1v) is 13.8. The number of sulfonamides is 1. The van der Waals surface area contributed by atoms with Crippen LogP contribution in [0.15, 0.2) is 108 Å². The zero-order chi connectivity index (χ0) is 27.7. The summed E-state index contributed by atoms with van der Waals surface area (Å²) in [6.07, 6.45) is 3.73. The Morgan fingerprint density at radius 2 is 1.56 bits per heavy atom. The normalized spacial score (nSPS) is 12.0. The van der Waals surface area contributed by atoms with Gasteiger partial charge >= 0.3 is 0 Å². The van der Waals surface area contributed by atoms with E-state index in [0.717, 1.165) is 11.1 Å². The van der Waals surface area contributed by atoms with E-state index in [0.29, 0.717) is 23.1 Å². The van der Waals surface area contributed by atoms with Crippen LogP contribution in [0.2, 0.25) is 0 Å². The number of aliphatic hydroxyl groups is 1. The summed E-state index contributed by atoms with van der Waals surface area (Å²) < 4.78 is 28.4. The number of benzene rings is 3. The van der Waals surface area contributed by atoms with E-state index in [-0.39, 0.29) is 30.5 Å². The first-order valence-electron chi connectivity index (χ1n) is 12.3. The number of nitriles is 1. The Balaban J connectivity index is 1.50. The fourth-order valence-corrected chi connectivity index (χ4v) is 5.48. The van der Waals surface area contributed by atoms with Crippen molar-refractivity contribution in [3.63, 3.8) is 0 Å². The Hall–Kier alpha value is -4.36. The first kappa shape index (κ1) is 27.7. The van der Waals surface area contributed by atoms with Crippen molar-refractivity contribution in [3.05, 3.63) is 131 Å². The molecule has 39 heavy (non-hydrogen) atoms. The minimum Gasteiger partial charge on any atom is -0.394 e. The zero-order valence-corrected chi connectivity index (χ0v) is 22.0. The van der Waals surface area contributed by atoms with Crippen LogP contribution in [0.25, 0.3) is 0 Å². The molecule has 1 heterocycles. The van der Waals surface area contributed by atoms with Crippen LogP contribution in [0.5, 0.6) is 0 Å². The Labute approximate surface area is 228 Å². The van der Waals surface area contributed by atoms with Crippen LogP contribution in [-0.4, -0.2) is 41.4 Å². The highest BCUT2D eigenvalue weighted by Crippen LogP contribution is 2.22. The smallest absolute Gasteiger partial charge is 0.251 e. The Kier molecular flexibility index (Phi) is 9.18. The van der Waals surface area contributed by atoms with Crippen LogP contribution in [0.1, 0.15) is 32.6 Å². The van der Waals surface area contributed by atoms with E-state index in [1.807, 2.05) is 36.4 Å². The summed E-state index contributed by atoms with van der Waals surface area (Å²) in [4.78, 5) is 17.0. The first-order chi connectivity index (χ1) is 18.9. The van der Waals surface area contributed by atoms with Gasteiger partial charge in [0.1, 0.15) is 0 Å². The molecule has 4 aromatic rings. The van der Waals surface area contributed by atoms with E-state index in [4.69, 9.17) is 5.26 Å². The highest BCUT2D eigenvalue weighted by atomic mass is 32.2. The van der Waals surface area contributed by atoms with Crippen molar-refractivity contribution in [3.8, 4) is 6.07 Å². The van der Waals surface area contributed by atoms with Gasteiger partial charge in [-0.15, -0.1) is 0 Å². The summed E-state index contributed by atoms with van der Waals surface area (Å²) in [6, 6.07) is 27.2. The second-order valence-corrected chi connectivity index (χ2v) is 10.9. The maximum absolute atomic E-state index is 13.6. The minimum absolute atomic E-state index is 0.0619. The number of nitrogens with zero attached hydrogens (tertiary/aromatic N) is 3. The van der Waals surface area contributed by atoms with Crippen LogP contribution in [0, 0.1) is 11.3 Å². The van der Waals surface area contributed by atoms with Crippen molar-refractivity contribution in [2.24, 2.45) is 0 Å². The van der Waals surface area contributed by atoms with Gasteiger partial charge in [0, 0.05) is 31.0 Å². The fourth-order valence-electron chi connectivity index (χ4n) is 4.07. The summed E-state index contributed by atoms with van der Waals surface area (Å²) in [7, 11) is -3.91. The van der Waals surface area contributed by atoms with Gasteiger partial charge in [0.15, 0.2) is 0 Å². The fraction of sp³-hybridized carbons (Fsp3) is 0.167. The molecule has 9 heteroatoms. The summed E-state index contributed by atoms with van der Waals surface area (Å²) in [5, 5.41) is 21.7. The largest absolute Gasteiger partial charge is 0.394 e. The van der Waals surface area contributed by atoms with E-state index < -0.39 is 16.1 Å². The summed E-state index contributed by atoms with van der Waals surface area (Å²) in [5.74, 6) is -0.325. The molecule has 8 nitrogen and oxygen atoms in total. The number of nitrogens with one attached hydrogen (secondary N) is 1. The minimum atomic E-state index is -3.91. The lowest BCUT2D eigenvalue weighted by molar-refractivity contribution is 0.0916. The molecular weight excluding hydrogens is 512 g/mol. The van der Waals surface area contributed by atoms with Gasteiger partial charge in [0.25, 0.3) is 5.91 Å². The second kappa shape index (κ2) is 12.9. The molecule has 2 N–H and O–H groups in total. The van der Waals surface area contributed by atoms with Crippen LogP contribution < -0.4 is 5.32 Å². The van der Waals surface area contributed by atoms with E-state index in [1.165, 1.54) is 28.6 Å². The number of carbonyl (C=O) groups excluding carboxylic acids is 1. The highest BCUT2D eigenvalue weighted by molar-refractivity contribution is 7.89. The van der Waals surface area contributed by atoms with Gasteiger partial charge in [-0.2, -0.15) is 9.57 Å². The molecule has 1 atom stereocenters. The topological polar surface area (TPSA) is 123 Å². The number of aromatic nitrogens is 1. The zero-order valence-electron chi connectivity index (χ0n) is 21.1. The molecule has 1 amide bonds. The molecule has 0 bridgehead atoms. The maximum Gasteiger partial charge on any atom is 0.251 e. The standard InChI is InChI=1S/C30H28N4O4S/c31-18-24-10-14-29(15-11-24)39(37,38)34(21-26-7-4-16-32-19-26)20-25-8-12-27(13-9-25)30(36)33-28(22-35)17-23-5-2-1-3-6-23/h1-16,19,28,35H,17,20-22H2,(H,33,36)/t28-/m0/s1. The third-order valence-electron chi connectivity index (χ3n) is 6.16. The number of amides is 1.